The number of nitrogens with zero attached hydrogens (tertiary/aromatic N) is 1. The maximum absolute atomic E-state index is 13.2. The Morgan fingerprint density at radius 1 is 1.54 bits per heavy atom. The van der Waals surface area contributed by atoms with Crippen LogP contribution in [-0.2, 0) is 4.74 Å². The van der Waals surface area contributed by atoms with E-state index in [-0.39, 0.29) is 18.3 Å². The molecule has 4 heteroatoms. The zero-order valence-electron chi connectivity index (χ0n) is 6.98. The number of ether oxygens (including phenoxy) is 1. The summed E-state index contributed by atoms with van der Waals surface area (Å²) in [5.41, 5.74) is 0.486. The van der Waals surface area contributed by atoms with Gasteiger partial charge in [-0.15, -0.1) is 0 Å². The van der Waals surface area contributed by atoms with Gasteiger partial charge in [-0.25, -0.2) is 4.39 Å². The third kappa shape index (κ3) is 1.55. The van der Waals surface area contributed by atoms with Crippen LogP contribution in [-0.4, -0.2) is 29.4 Å². The van der Waals surface area contributed by atoms with Crippen LogP contribution in [0.1, 0.15) is 11.5 Å². The average molecular weight is 183 g/mol. The molecule has 1 fully saturated rings. The molecule has 2 heterocycles. The third-order valence-corrected chi connectivity index (χ3v) is 2.25. The van der Waals surface area contributed by atoms with E-state index in [2.05, 4.69) is 4.98 Å². The lowest BCUT2D eigenvalue weighted by molar-refractivity contribution is 0.124. The minimum Gasteiger partial charge on any atom is -0.390 e. The number of aliphatic hydroxyl groups is 1. The second-order valence-electron chi connectivity index (χ2n) is 3.11. The van der Waals surface area contributed by atoms with Crippen LogP contribution in [0.5, 0.6) is 0 Å². The highest BCUT2D eigenvalue weighted by atomic mass is 19.1. The number of rotatable bonds is 1. The molecule has 1 N–H and O–H groups in total. The Bertz CT molecular complexity index is 305. The Balaban J connectivity index is 2.29. The molecular weight excluding hydrogens is 173 g/mol. The Kier molecular flexibility index (Phi) is 2.24. The molecule has 0 bridgehead atoms. The molecule has 0 saturated carbocycles. The zero-order valence-corrected chi connectivity index (χ0v) is 6.98. The minimum atomic E-state index is -0.600. The fourth-order valence-electron chi connectivity index (χ4n) is 1.53. The smallest absolute Gasteiger partial charge is 0.145 e. The first-order chi connectivity index (χ1) is 6.29. The van der Waals surface area contributed by atoms with E-state index in [1.165, 1.54) is 6.20 Å². The molecule has 1 aromatic heterocycles. The van der Waals surface area contributed by atoms with Crippen LogP contribution in [0.15, 0.2) is 18.5 Å². The van der Waals surface area contributed by atoms with Crippen molar-refractivity contribution in [1.29, 1.82) is 0 Å². The van der Waals surface area contributed by atoms with Crippen molar-refractivity contribution in [3.05, 3.63) is 29.8 Å². The minimum absolute atomic E-state index is 0.247. The topological polar surface area (TPSA) is 42.4 Å². The fraction of sp³-hybridized carbons (Fsp3) is 0.444. The van der Waals surface area contributed by atoms with E-state index in [1.807, 2.05) is 0 Å². The molecule has 0 amide bonds. The van der Waals surface area contributed by atoms with Crippen molar-refractivity contribution in [2.24, 2.45) is 0 Å². The molecule has 2 rings (SSSR count). The van der Waals surface area contributed by atoms with Crippen LogP contribution < -0.4 is 0 Å². The number of hydrogen-bond acceptors (Lipinski definition) is 3. The molecule has 0 aliphatic carbocycles. The molecule has 70 valence electrons. The number of hydrogen-bond donors (Lipinski definition) is 1. The van der Waals surface area contributed by atoms with Gasteiger partial charge in [0.1, 0.15) is 5.82 Å². The molecule has 0 aromatic carbocycles. The van der Waals surface area contributed by atoms with E-state index < -0.39 is 6.10 Å². The monoisotopic (exact) mass is 183 g/mol. The summed E-state index contributed by atoms with van der Waals surface area (Å²) in [7, 11) is 0. The van der Waals surface area contributed by atoms with Crippen LogP contribution in [0.25, 0.3) is 0 Å². The summed E-state index contributed by atoms with van der Waals surface area (Å²) in [4.78, 5) is 3.64. The second-order valence-corrected chi connectivity index (χ2v) is 3.11. The van der Waals surface area contributed by atoms with Crippen molar-refractivity contribution in [3.8, 4) is 0 Å². The van der Waals surface area contributed by atoms with Gasteiger partial charge >= 0.3 is 0 Å². The van der Waals surface area contributed by atoms with Gasteiger partial charge < -0.3 is 9.84 Å². The summed E-state index contributed by atoms with van der Waals surface area (Å²) in [6.07, 6.45) is 2.07. The maximum atomic E-state index is 13.2. The summed E-state index contributed by atoms with van der Waals surface area (Å²) in [6, 6.07) is 1.58. The van der Waals surface area contributed by atoms with Gasteiger partial charge in [-0.2, -0.15) is 0 Å². The van der Waals surface area contributed by atoms with Crippen LogP contribution in [0, 0.1) is 5.82 Å². The van der Waals surface area contributed by atoms with Crippen LogP contribution in [0.3, 0.4) is 0 Å². The first-order valence-electron chi connectivity index (χ1n) is 4.14. The third-order valence-electron chi connectivity index (χ3n) is 2.25. The molecule has 2 unspecified atom stereocenters. The van der Waals surface area contributed by atoms with Crippen LogP contribution in [0.4, 0.5) is 4.39 Å². The Morgan fingerprint density at radius 3 is 3.00 bits per heavy atom. The van der Waals surface area contributed by atoms with E-state index in [4.69, 9.17) is 4.74 Å². The van der Waals surface area contributed by atoms with Gasteiger partial charge in [0.25, 0.3) is 0 Å². The van der Waals surface area contributed by atoms with Gasteiger partial charge in [-0.3, -0.25) is 4.98 Å². The number of pyridine rings is 1. The standard InChI is InChI=1S/C9H10FNO2/c10-8-3-11-2-1-6(8)7-4-13-5-9(7)12/h1-3,7,9,12H,4-5H2. The first-order valence-corrected chi connectivity index (χ1v) is 4.14. The molecule has 1 aliphatic rings. The highest BCUT2D eigenvalue weighted by Gasteiger charge is 2.29. The van der Waals surface area contributed by atoms with Gasteiger partial charge in [0.2, 0.25) is 0 Å². The molecule has 3 nitrogen and oxygen atoms in total. The summed E-state index contributed by atoms with van der Waals surface area (Å²) in [5.74, 6) is -0.625. The van der Waals surface area contributed by atoms with Gasteiger partial charge in [-0.1, -0.05) is 0 Å². The molecule has 13 heavy (non-hydrogen) atoms. The number of halogens is 1. The van der Waals surface area contributed by atoms with E-state index >= 15 is 0 Å². The lowest BCUT2D eigenvalue weighted by atomic mass is 9.97. The van der Waals surface area contributed by atoms with Crippen molar-refractivity contribution in [2.45, 2.75) is 12.0 Å². The van der Waals surface area contributed by atoms with Crippen molar-refractivity contribution in [2.75, 3.05) is 13.2 Å². The summed E-state index contributed by atoms with van der Waals surface area (Å²) < 4.78 is 18.2. The first kappa shape index (κ1) is 8.59. The normalized spacial score (nSPS) is 27.8. The van der Waals surface area contributed by atoms with E-state index in [0.29, 0.717) is 12.2 Å². The highest BCUT2D eigenvalue weighted by molar-refractivity contribution is 5.20. The fourth-order valence-corrected chi connectivity index (χ4v) is 1.53. The zero-order chi connectivity index (χ0) is 9.26. The molecule has 0 radical (unpaired) electrons. The van der Waals surface area contributed by atoms with E-state index in [9.17, 15) is 9.50 Å². The maximum Gasteiger partial charge on any atom is 0.145 e. The van der Waals surface area contributed by atoms with Crippen LogP contribution >= 0.6 is 0 Å². The number of aromatic nitrogens is 1. The molecule has 2 atom stereocenters. The largest absolute Gasteiger partial charge is 0.390 e. The van der Waals surface area contributed by atoms with Crippen molar-refractivity contribution >= 4 is 0 Å². The second kappa shape index (κ2) is 3.40. The molecule has 1 aromatic rings. The number of aliphatic hydroxyl groups excluding tert-OH is 1. The average Bonchev–Trinajstić information content (AvgIpc) is 2.52. The van der Waals surface area contributed by atoms with E-state index in [1.54, 1.807) is 6.07 Å². The van der Waals surface area contributed by atoms with Gasteiger partial charge in [0.05, 0.1) is 25.5 Å². The Morgan fingerprint density at radius 2 is 2.38 bits per heavy atom. The lowest BCUT2D eigenvalue weighted by Gasteiger charge is -2.12. The van der Waals surface area contributed by atoms with Crippen LogP contribution in [0.2, 0.25) is 0 Å². The summed E-state index contributed by atoms with van der Waals surface area (Å²) >= 11 is 0. The van der Waals surface area contributed by atoms with Gasteiger partial charge in [0, 0.05) is 12.1 Å². The molecular formula is C9H10FNO2. The molecule has 0 spiro atoms. The Labute approximate surface area is 75.2 Å². The molecule has 1 saturated heterocycles. The lowest BCUT2D eigenvalue weighted by Crippen LogP contribution is -2.16. The van der Waals surface area contributed by atoms with Crippen molar-refractivity contribution < 1.29 is 14.2 Å². The molecule has 1 aliphatic heterocycles. The summed E-state index contributed by atoms with van der Waals surface area (Å²) in [5, 5.41) is 9.45. The quantitative estimate of drug-likeness (QED) is 0.696. The van der Waals surface area contributed by atoms with E-state index in [0.717, 1.165) is 6.20 Å². The van der Waals surface area contributed by atoms with Crippen molar-refractivity contribution in [3.63, 3.8) is 0 Å². The SMILES string of the molecule is OC1COCC1c1ccncc1F. The summed E-state index contributed by atoms with van der Waals surface area (Å²) in [6.45, 7) is 0.661. The predicted molar refractivity (Wildman–Crippen MR) is 43.8 cm³/mol. The highest BCUT2D eigenvalue weighted by Crippen LogP contribution is 2.26. The van der Waals surface area contributed by atoms with Crippen molar-refractivity contribution in [1.82, 2.24) is 4.98 Å². The van der Waals surface area contributed by atoms with Gasteiger partial charge in [-0.05, 0) is 11.6 Å². The predicted octanol–water partition coefficient (Wildman–Crippen LogP) is 0.695. The van der Waals surface area contributed by atoms with Gasteiger partial charge in [0.15, 0.2) is 0 Å². The Hall–Kier alpha value is -1.00.